The highest BCUT2D eigenvalue weighted by Crippen LogP contribution is 2.54. The monoisotopic (exact) mass is 1190 g/mol. The van der Waals surface area contributed by atoms with E-state index in [1.54, 1.807) is 61.5 Å². The number of hydrogen-bond donors (Lipinski definition) is 1. The number of rotatable bonds is 9. The van der Waals surface area contributed by atoms with Crippen LogP contribution in [0.15, 0.2) is 141 Å². The van der Waals surface area contributed by atoms with Gasteiger partial charge in [-0.25, -0.2) is 36.3 Å². The average molecular weight is 1190 g/mol. The second-order valence-electron chi connectivity index (χ2n) is 18.2. The maximum absolute atomic E-state index is 14.7. The third-order valence-electron chi connectivity index (χ3n) is 12.7. The number of esters is 3. The van der Waals surface area contributed by atoms with Crippen molar-refractivity contribution in [3.8, 4) is 5.75 Å². The number of aliphatic hydroxyl groups is 1. The van der Waals surface area contributed by atoms with E-state index < -0.39 is 87.3 Å². The van der Waals surface area contributed by atoms with Crippen molar-refractivity contribution in [3.63, 3.8) is 0 Å². The molecule has 2 aliphatic heterocycles. The SMILES string of the molecule is CC(c1c(F)cc(F)cc1Br)[C@@]1(c2ccccc2)O[C@H](C(C)(C)C)OC1=O.COC(=O)[C@@](O)(c1ccccc1)C(C)c1c(F)cc(F)cc1Br.COC(=O)[C@]1(c2ccccc2)Oc2cc(F)cc(Br)c2[C@@H]1C. The van der Waals surface area contributed by atoms with Crippen LogP contribution in [0.5, 0.6) is 5.75 Å². The van der Waals surface area contributed by atoms with Gasteiger partial charge >= 0.3 is 17.9 Å². The Balaban J connectivity index is 0.000000178. The Hall–Kier alpha value is -5.46. The maximum atomic E-state index is 14.7. The molecule has 0 spiro atoms. The summed E-state index contributed by atoms with van der Waals surface area (Å²) in [6, 6.07) is 32.5. The smallest absolute Gasteiger partial charge is 0.355 e. The van der Waals surface area contributed by atoms with Crippen LogP contribution in [0.1, 0.15) is 92.7 Å². The number of hydrogen-bond acceptors (Lipinski definition) is 9. The minimum Gasteiger partial charge on any atom is -0.470 e. The Morgan fingerprint density at radius 2 is 1.15 bits per heavy atom. The maximum Gasteiger partial charge on any atom is 0.355 e. The van der Waals surface area contributed by atoms with Gasteiger partial charge in [-0.15, -0.1) is 0 Å². The van der Waals surface area contributed by atoms with Gasteiger partial charge in [0.1, 0.15) is 34.8 Å². The molecule has 9 nitrogen and oxygen atoms in total. The van der Waals surface area contributed by atoms with Crippen LogP contribution in [0.2, 0.25) is 0 Å². The molecule has 2 unspecified atom stereocenters. The zero-order valence-electron chi connectivity index (χ0n) is 40.2. The van der Waals surface area contributed by atoms with Gasteiger partial charge in [-0.3, -0.25) is 0 Å². The number of carbonyl (C=O) groups excluding carboxylic acids is 3. The van der Waals surface area contributed by atoms with Gasteiger partial charge in [0.05, 0.1) is 14.2 Å². The molecule has 72 heavy (non-hydrogen) atoms. The molecular formula is C55H50Br3F5O9. The molecule has 1 saturated heterocycles. The summed E-state index contributed by atoms with van der Waals surface area (Å²) in [6.45, 7) is 10.7. The molecule has 17 heteroatoms. The number of methoxy groups -OCH3 is 2. The van der Waals surface area contributed by atoms with Gasteiger partial charge in [0.2, 0.25) is 17.5 Å². The number of benzene rings is 6. The predicted octanol–water partition coefficient (Wildman–Crippen LogP) is 13.7. The molecule has 2 aliphatic rings. The van der Waals surface area contributed by atoms with Crippen LogP contribution in [0.3, 0.4) is 0 Å². The summed E-state index contributed by atoms with van der Waals surface area (Å²) in [5, 5.41) is 11.0. The second kappa shape index (κ2) is 22.3. The average Bonchev–Trinajstić information content (AvgIpc) is 3.86. The summed E-state index contributed by atoms with van der Waals surface area (Å²) in [5.74, 6) is -7.27. The fourth-order valence-corrected chi connectivity index (χ4v) is 11.2. The van der Waals surface area contributed by atoms with Crippen LogP contribution in [0.25, 0.3) is 0 Å². The van der Waals surface area contributed by atoms with Crippen LogP contribution in [-0.2, 0) is 50.1 Å². The number of fused-ring (bicyclic) bond motifs is 1. The second-order valence-corrected chi connectivity index (χ2v) is 20.7. The van der Waals surface area contributed by atoms with Crippen molar-refractivity contribution in [3.05, 3.63) is 203 Å². The van der Waals surface area contributed by atoms with Crippen molar-refractivity contribution in [2.45, 2.75) is 82.4 Å². The van der Waals surface area contributed by atoms with Crippen molar-refractivity contribution in [2.24, 2.45) is 5.41 Å². The molecule has 1 fully saturated rings. The molecule has 8 rings (SSSR count). The van der Waals surface area contributed by atoms with Crippen LogP contribution in [0, 0.1) is 34.5 Å². The Morgan fingerprint density at radius 3 is 1.62 bits per heavy atom. The van der Waals surface area contributed by atoms with E-state index in [9.17, 15) is 41.4 Å². The molecule has 7 atom stereocenters. The summed E-state index contributed by atoms with van der Waals surface area (Å²) in [6.07, 6.45) is -0.796. The standard InChI is InChI=1S/C21H21BrF2O3.C17H15BrF2O3.C17H14BrFO3/c1-12(17-15(22)10-14(23)11-16(17)24)21(13-8-6-5-7-9-13)18(25)26-19(27-21)20(2,3)4;1-10(15-13(18)8-12(19)9-14(15)20)17(22,16(21)23-2)11-6-4-3-5-7-11;1-10-15-13(18)8-12(19)9-14(15)22-17(10,16(20)21-2)11-6-4-3-5-7-11/h5-12,19H,1-4H3;3-10,22H,1-2H3;3-10H,1-2H3/t12?,19-,21+;10?,17-;10-,17-/m100/s1. The molecule has 0 bridgehead atoms. The molecular weight excluding hydrogens is 1140 g/mol. The quantitative estimate of drug-likeness (QED) is 0.0858. The van der Waals surface area contributed by atoms with E-state index in [0.717, 1.165) is 24.8 Å². The molecule has 380 valence electrons. The first-order valence-electron chi connectivity index (χ1n) is 22.3. The number of carbonyl (C=O) groups is 3. The van der Waals surface area contributed by atoms with Gasteiger partial charge in [-0.1, -0.05) is 180 Å². The number of ether oxygens (including phenoxy) is 5. The number of cyclic esters (lactones) is 1. The van der Waals surface area contributed by atoms with Crippen LogP contribution >= 0.6 is 47.8 Å². The third-order valence-corrected chi connectivity index (χ3v) is 14.7. The van der Waals surface area contributed by atoms with E-state index in [1.807, 2.05) is 64.1 Å². The minimum atomic E-state index is -2.11. The lowest BCUT2D eigenvalue weighted by Gasteiger charge is -2.34. The fourth-order valence-electron chi connectivity index (χ4n) is 8.93. The van der Waals surface area contributed by atoms with E-state index in [4.69, 9.17) is 23.7 Å². The zero-order valence-corrected chi connectivity index (χ0v) is 44.9. The molecule has 6 aromatic rings. The lowest BCUT2D eigenvalue weighted by Crippen LogP contribution is -2.43. The van der Waals surface area contributed by atoms with E-state index in [-0.39, 0.29) is 31.6 Å². The van der Waals surface area contributed by atoms with Gasteiger partial charge in [-0.05, 0) is 29.3 Å². The van der Waals surface area contributed by atoms with Crippen molar-refractivity contribution in [2.75, 3.05) is 14.2 Å². The van der Waals surface area contributed by atoms with Crippen LogP contribution < -0.4 is 4.74 Å². The summed E-state index contributed by atoms with van der Waals surface area (Å²) in [5.41, 5.74) is -3.03. The highest BCUT2D eigenvalue weighted by atomic mass is 79.9. The van der Waals surface area contributed by atoms with Crippen molar-refractivity contribution < 1.29 is 65.1 Å². The summed E-state index contributed by atoms with van der Waals surface area (Å²) in [4.78, 5) is 37.9. The first kappa shape index (κ1) is 55.8. The van der Waals surface area contributed by atoms with Gasteiger partial charge in [0.25, 0.3) is 0 Å². The Kier molecular flexibility index (Phi) is 17.3. The first-order chi connectivity index (χ1) is 33.9. The summed E-state index contributed by atoms with van der Waals surface area (Å²) >= 11 is 9.68. The topological polar surface area (TPSA) is 118 Å². The molecule has 6 aromatic carbocycles. The van der Waals surface area contributed by atoms with E-state index in [2.05, 4.69) is 47.8 Å². The van der Waals surface area contributed by atoms with Crippen molar-refractivity contribution >= 4 is 65.7 Å². The van der Waals surface area contributed by atoms with Gasteiger partial charge in [0, 0.05) is 77.0 Å². The first-order valence-corrected chi connectivity index (χ1v) is 24.7. The molecule has 0 aromatic heterocycles. The Bertz CT molecular complexity index is 2900. The van der Waals surface area contributed by atoms with Gasteiger partial charge < -0.3 is 28.8 Å². The molecule has 0 saturated carbocycles. The highest BCUT2D eigenvalue weighted by Gasteiger charge is 2.59. The lowest BCUT2D eigenvalue weighted by molar-refractivity contribution is -0.166. The highest BCUT2D eigenvalue weighted by molar-refractivity contribution is 9.11. The molecule has 0 aliphatic carbocycles. The minimum absolute atomic E-state index is 0.0110. The van der Waals surface area contributed by atoms with Gasteiger partial charge in [0.15, 0.2) is 5.60 Å². The van der Waals surface area contributed by atoms with Crippen LogP contribution in [-0.4, -0.2) is 43.5 Å². The zero-order chi connectivity index (χ0) is 53.1. The summed E-state index contributed by atoms with van der Waals surface area (Å²) in [7, 11) is 2.46. The largest absolute Gasteiger partial charge is 0.470 e. The number of halogens is 8. The van der Waals surface area contributed by atoms with E-state index >= 15 is 0 Å². The fraction of sp³-hybridized carbons (Fsp3) is 0.291. The normalized spacial score (nSPS) is 20.7. The lowest BCUT2D eigenvalue weighted by atomic mass is 9.78. The van der Waals surface area contributed by atoms with Crippen molar-refractivity contribution in [1.29, 1.82) is 0 Å². The molecule has 0 amide bonds. The third kappa shape index (κ3) is 10.6. The Labute approximate surface area is 439 Å². The Morgan fingerprint density at radius 1 is 0.681 bits per heavy atom. The van der Waals surface area contributed by atoms with Crippen LogP contribution in [0.4, 0.5) is 22.0 Å². The van der Waals surface area contributed by atoms with E-state index in [1.165, 1.54) is 32.2 Å². The predicted molar refractivity (Wildman–Crippen MR) is 269 cm³/mol. The van der Waals surface area contributed by atoms with E-state index in [0.29, 0.717) is 27.4 Å². The van der Waals surface area contributed by atoms with Crippen molar-refractivity contribution in [1.82, 2.24) is 0 Å². The molecule has 2 heterocycles. The van der Waals surface area contributed by atoms with Gasteiger partial charge in [-0.2, -0.15) is 0 Å². The summed E-state index contributed by atoms with van der Waals surface area (Å²) < 4.78 is 97.8. The molecule has 0 radical (unpaired) electrons. The molecule has 1 N–H and O–H groups in total.